The monoisotopic (exact) mass is 518 g/mol. The van der Waals surface area contributed by atoms with Crippen molar-refractivity contribution in [2.75, 3.05) is 29.6 Å². The van der Waals surface area contributed by atoms with Crippen LogP contribution >= 0.6 is 11.6 Å². The van der Waals surface area contributed by atoms with Gasteiger partial charge in [0.1, 0.15) is 11.6 Å². The molecule has 190 valence electrons. The number of anilines is 2. The molecule has 5 rings (SSSR count). The largest absolute Gasteiger partial charge is 0.462 e. The summed E-state index contributed by atoms with van der Waals surface area (Å²) in [6.45, 7) is 3.00. The maximum atomic E-state index is 12.9. The van der Waals surface area contributed by atoms with Gasteiger partial charge in [-0.15, -0.1) is 0 Å². The van der Waals surface area contributed by atoms with Crippen LogP contribution in [-0.2, 0) is 9.53 Å². The Hall–Kier alpha value is -3.98. The zero-order valence-corrected chi connectivity index (χ0v) is 21.1. The summed E-state index contributed by atoms with van der Waals surface area (Å²) in [6, 6.07) is 17.1. The topological polar surface area (TPSA) is 114 Å². The lowest BCUT2D eigenvalue weighted by molar-refractivity contribution is -0.119. The average molecular weight is 519 g/mol. The molecule has 2 aromatic carbocycles. The van der Waals surface area contributed by atoms with Crippen LogP contribution in [-0.4, -0.2) is 53.3 Å². The van der Waals surface area contributed by atoms with Crippen LogP contribution in [0.1, 0.15) is 47.2 Å². The zero-order chi connectivity index (χ0) is 25.9. The molecule has 3 heterocycles. The summed E-state index contributed by atoms with van der Waals surface area (Å²) < 4.78 is 5.29. The highest BCUT2D eigenvalue weighted by Crippen LogP contribution is 2.34. The first-order valence-corrected chi connectivity index (χ1v) is 12.6. The number of benzene rings is 2. The highest BCUT2D eigenvalue weighted by Gasteiger charge is 2.35. The molecule has 3 aromatic rings. The Morgan fingerprint density at radius 1 is 1.14 bits per heavy atom. The van der Waals surface area contributed by atoms with Gasteiger partial charge in [0, 0.05) is 23.7 Å². The Bertz CT molecular complexity index is 1330. The number of hydrogen-bond acceptors (Lipinski definition) is 8. The number of nitrogens with two attached hydrogens (primary N) is 1. The second kappa shape index (κ2) is 10.6. The lowest BCUT2D eigenvalue weighted by atomic mass is 9.91. The number of hydrogen-bond donors (Lipinski definition) is 1. The third kappa shape index (κ3) is 4.99. The first kappa shape index (κ1) is 24.7. The van der Waals surface area contributed by atoms with E-state index in [1.807, 2.05) is 42.5 Å². The summed E-state index contributed by atoms with van der Waals surface area (Å²) in [7, 11) is 0. The van der Waals surface area contributed by atoms with Gasteiger partial charge in [0.05, 0.1) is 18.9 Å². The number of ether oxygens (including phenoxy) is 1. The molecule has 2 aliphatic rings. The smallest absolute Gasteiger partial charge is 0.343 e. The molecule has 1 aromatic heterocycles. The molecule has 1 amide bonds. The van der Waals surface area contributed by atoms with E-state index in [2.05, 4.69) is 17.1 Å². The van der Waals surface area contributed by atoms with Crippen LogP contribution in [0.4, 0.5) is 11.8 Å². The molecule has 0 bridgehead atoms. The van der Waals surface area contributed by atoms with Crippen LogP contribution in [0.25, 0.3) is 0 Å². The molecular weight excluding hydrogens is 492 g/mol. The Morgan fingerprint density at radius 2 is 1.89 bits per heavy atom. The van der Waals surface area contributed by atoms with E-state index in [4.69, 9.17) is 32.2 Å². The molecule has 1 saturated heterocycles. The van der Waals surface area contributed by atoms with Crippen molar-refractivity contribution in [1.29, 1.82) is 0 Å². The van der Waals surface area contributed by atoms with E-state index in [1.165, 1.54) is 6.20 Å². The van der Waals surface area contributed by atoms with Gasteiger partial charge >= 0.3 is 5.97 Å². The van der Waals surface area contributed by atoms with Gasteiger partial charge in [-0.3, -0.25) is 4.79 Å². The molecule has 0 aliphatic carbocycles. The molecule has 0 spiro atoms. The van der Waals surface area contributed by atoms with Gasteiger partial charge < -0.3 is 15.4 Å². The maximum absolute atomic E-state index is 12.9. The summed E-state index contributed by atoms with van der Waals surface area (Å²) in [4.78, 5) is 35.9. The molecule has 0 radical (unpaired) electrons. The molecule has 2 atom stereocenters. The third-order valence-corrected chi connectivity index (χ3v) is 6.84. The molecule has 9 nitrogen and oxygen atoms in total. The highest BCUT2D eigenvalue weighted by molar-refractivity contribution is 6.30. The molecule has 1 fully saturated rings. The minimum Gasteiger partial charge on any atom is -0.462 e. The molecule has 10 heteroatoms. The van der Waals surface area contributed by atoms with Crippen LogP contribution in [0.2, 0.25) is 5.02 Å². The van der Waals surface area contributed by atoms with Gasteiger partial charge in [-0.05, 0) is 43.0 Å². The van der Waals surface area contributed by atoms with Crippen molar-refractivity contribution in [2.24, 2.45) is 10.8 Å². The fraction of sp³-hybridized carbons (Fsp3) is 0.296. The predicted molar refractivity (Wildman–Crippen MR) is 142 cm³/mol. The van der Waals surface area contributed by atoms with Gasteiger partial charge in [0.2, 0.25) is 11.9 Å². The Labute approximate surface area is 219 Å². The minimum absolute atomic E-state index is 0.0824. The predicted octanol–water partition coefficient (Wildman–Crippen LogP) is 3.77. The molecule has 1 unspecified atom stereocenters. The Balaban J connectivity index is 1.60. The van der Waals surface area contributed by atoms with Crippen molar-refractivity contribution in [3.8, 4) is 0 Å². The van der Waals surface area contributed by atoms with Crippen LogP contribution < -0.4 is 15.6 Å². The van der Waals surface area contributed by atoms with E-state index >= 15 is 0 Å². The van der Waals surface area contributed by atoms with Crippen molar-refractivity contribution < 1.29 is 14.3 Å². The number of carbonyl (C=O) groups excluding carboxylic acids is 2. The van der Waals surface area contributed by atoms with E-state index in [-0.39, 0.29) is 18.1 Å². The first-order valence-electron chi connectivity index (χ1n) is 12.2. The fourth-order valence-corrected chi connectivity index (χ4v) is 4.94. The maximum Gasteiger partial charge on any atom is 0.343 e. The number of nitrogens with zero attached hydrogens (tertiary/aromatic N) is 5. The zero-order valence-electron chi connectivity index (χ0n) is 20.4. The number of carbonyl (C=O) groups is 2. The number of primary amides is 1. The fourth-order valence-electron chi connectivity index (χ4n) is 4.82. The van der Waals surface area contributed by atoms with E-state index in [9.17, 15) is 9.59 Å². The highest BCUT2D eigenvalue weighted by atomic mass is 35.5. The standard InChI is InChI=1S/C27H27ClN6O3/c1-2-37-26(36)20-15-30-27(33-14-6-9-22(33)24(29)35)31-25(20)34-16-21(17-7-4-3-5-8-17)23(32-34)18-10-12-19(28)13-11-18/h3-5,7-8,10-13,15,21-22H,2,6,9,14,16H2,1H3,(H2,29,35)/t21?,22-/m0/s1. The van der Waals surface area contributed by atoms with Crippen LogP contribution in [0.15, 0.2) is 65.9 Å². The third-order valence-electron chi connectivity index (χ3n) is 6.59. The van der Waals surface area contributed by atoms with Crippen LogP contribution in [0.5, 0.6) is 0 Å². The second-order valence-corrected chi connectivity index (χ2v) is 9.36. The molecule has 2 N–H and O–H groups in total. The van der Waals surface area contributed by atoms with Crippen molar-refractivity contribution in [3.63, 3.8) is 0 Å². The van der Waals surface area contributed by atoms with E-state index < -0.39 is 17.9 Å². The normalized spacial score (nSPS) is 19.1. The van der Waals surface area contributed by atoms with E-state index in [1.54, 1.807) is 16.8 Å². The lowest BCUT2D eigenvalue weighted by Crippen LogP contribution is -2.41. The van der Waals surface area contributed by atoms with Crippen molar-refractivity contribution >= 4 is 41.0 Å². The van der Waals surface area contributed by atoms with Crippen LogP contribution in [0, 0.1) is 0 Å². The average Bonchev–Trinajstić information content (AvgIpc) is 3.58. The summed E-state index contributed by atoms with van der Waals surface area (Å²) in [5, 5.41) is 7.29. The van der Waals surface area contributed by atoms with Crippen LogP contribution in [0.3, 0.4) is 0 Å². The number of rotatable bonds is 7. The van der Waals surface area contributed by atoms with E-state index in [0.717, 1.165) is 23.3 Å². The quantitative estimate of drug-likeness (QED) is 0.473. The van der Waals surface area contributed by atoms with Crippen molar-refractivity contribution in [3.05, 3.63) is 82.5 Å². The summed E-state index contributed by atoms with van der Waals surface area (Å²) in [6.07, 6.45) is 2.87. The minimum atomic E-state index is -0.539. The van der Waals surface area contributed by atoms with Crippen molar-refractivity contribution in [2.45, 2.75) is 31.7 Å². The molecule has 2 aliphatic heterocycles. The van der Waals surface area contributed by atoms with Crippen molar-refractivity contribution in [1.82, 2.24) is 9.97 Å². The number of halogens is 1. The van der Waals surface area contributed by atoms with Gasteiger partial charge in [0.25, 0.3) is 0 Å². The number of aromatic nitrogens is 2. The van der Waals surface area contributed by atoms with Gasteiger partial charge in [-0.2, -0.15) is 10.1 Å². The Morgan fingerprint density at radius 3 is 2.59 bits per heavy atom. The number of hydrazone groups is 1. The molecular formula is C27H27ClN6O3. The second-order valence-electron chi connectivity index (χ2n) is 8.92. The Kier molecular flexibility index (Phi) is 7.05. The summed E-state index contributed by atoms with van der Waals surface area (Å²) in [5.41, 5.74) is 8.66. The lowest BCUT2D eigenvalue weighted by Gasteiger charge is -2.24. The number of amides is 1. The summed E-state index contributed by atoms with van der Waals surface area (Å²) >= 11 is 6.14. The van der Waals surface area contributed by atoms with Gasteiger partial charge in [-0.1, -0.05) is 54.1 Å². The van der Waals surface area contributed by atoms with Gasteiger partial charge in [0.15, 0.2) is 5.82 Å². The van der Waals surface area contributed by atoms with Gasteiger partial charge in [-0.25, -0.2) is 14.8 Å². The van der Waals surface area contributed by atoms with E-state index in [0.29, 0.717) is 36.3 Å². The summed E-state index contributed by atoms with van der Waals surface area (Å²) in [5.74, 6) is -0.394. The molecule has 37 heavy (non-hydrogen) atoms. The molecule has 0 saturated carbocycles. The number of esters is 1. The SMILES string of the molecule is CCOC(=O)c1cnc(N2CCC[C@H]2C(N)=O)nc1N1CC(c2ccccc2)C(c2ccc(Cl)cc2)=N1. The first-order chi connectivity index (χ1) is 18.0.